The maximum atomic E-state index is 13.6. The van der Waals surface area contributed by atoms with Crippen LogP contribution in [0.5, 0.6) is 11.5 Å². The topological polar surface area (TPSA) is 91.3 Å². The third kappa shape index (κ3) is 4.82. The highest BCUT2D eigenvalue weighted by Crippen LogP contribution is 2.38. The standard InChI is InChI=1S/C25H37N3O5/c1-3-12-25(23(30)28(24(31)26-25)17-20-8-6-15-33-20)19-10-13-27(14-11-19)16-18-7-5-9-21(22(18)29)32-4-2/h5,7,9,19-20,29H,3-4,6,8,10-17H2,1-2H3,(H,26,31)/t20-,25+/m1/s1. The molecule has 0 spiro atoms. The maximum absolute atomic E-state index is 13.6. The number of carbonyl (C=O) groups excluding carboxylic acids is 2. The van der Waals surface area contributed by atoms with E-state index in [4.69, 9.17) is 9.47 Å². The highest BCUT2D eigenvalue weighted by molar-refractivity contribution is 6.07. The predicted molar refractivity (Wildman–Crippen MR) is 124 cm³/mol. The lowest BCUT2D eigenvalue weighted by molar-refractivity contribution is -0.135. The van der Waals surface area contributed by atoms with Gasteiger partial charge in [-0.25, -0.2) is 4.79 Å². The van der Waals surface area contributed by atoms with Crippen LogP contribution in [0.25, 0.3) is 0 Å². The van der Waals surface area contributed by atoms with E-state index in [1.807, 2.05) is 19.1 Å². The van der Waals surface area contributed by atoms with Crippen LogP contribution < -0.4 is 10.1 Å². The van der Waals surface area contributed by atoms with E-state index in [0.29, 0.717) is 38.5 Å². The summed E-state index contributed by atoms with van der Waals surface area (Å²) < 4.78 is 11.2. The van der Waals surface area contributed by atoms with Gasteiger partial charge in [0.1, 0.15) is 5.54 Å². The Balaban J connectivity index is 1.41. The molecule has 3 amide bonds. The average molecular weight is 460 g/mol. The summed E-state index contributed by atoms with van der Waals surface area (Å²) in [6.07, 6.45) is 4.97. The molecule has 3 aliphatic rings. The monoisotopic (exact) mass is 459 g/mol. The molecule has 3 fully saturated rings. The first-order valence-corrected chi connectivity index (χ1v) is 12.4. The zero-order valence-corrected chi connectivity index (χ0v) is 19.8. The van der Waals surface area contributed by atoms with Crippen LogP contribution in [0.3, 0.4) is 0 Å². The molecule has 33 heavy (non-hydrogen) atoms. The lowest BCUT2D eigenvalue weighted by Crippen LogP contribution is -2.56. The second-order valence-electron chi connectivity index (χ2n) is 9.45. The molecular formula is C25H37N3O5. The fourth-order valence-corrected chi connectivity index (χ4v) is 5.64. The fourth-order valence-electron chi connectivity index (χ4n) is 5.64. The summed E-state index contributed by atoms with van der Waals surface area (Å²) >= 11 is 0. The Kier molecular flexibility index (Phi) is 7.44. The number of likely N-dealkylation sites (tertiary alicyclic amines) is 1. The normalized spacial score (nSPS) is 26.7. The molecule has 1 aromatic carbocycles. The van der Waals surface area contributed by atoms with E-state index < -0.39 is 5.54 Å². The third-order valence-electron chi connectivity index (χ3n) is 7.32. The number of imide groups is 1. The zero-order valence-electron chi connectivity index (χ0n) is 19.8. The zero-order chi connectivity index (χ0) is 23.4. The van der Waals surface area contributed by atoms with Gasteiger partial charge in [0, 0.05) is 18.7 Å². The van der Waals surface area contributed by atoms with Crippen LogP contribution in [-0.2, 0) is 16.1 Å². The van der Waals surface area contributed by atoms with Crippen molar-refractivity contribution in [3.05, 3.63) is 23.8 Å². The van der Waals surface area contributed by atoms with Crippen LogP contribution in [0.1, 0.15) is 57.9 Å². The molecule has 3 aliphatic heterocycles. The number of ether oxygens (including phenoxy) is 2. The molecule has 2 N–H and O–H groups in total. The van der Waals surface area contributed by atoms with Gasteiger partial charge in [0.2, 0.25) is 0 Å². The summed E-state index contributed by atoms with van der Waals surface area (Å²) in [5.41, 5.74) is 0.0312. The molecule has 8 nitrogen and oxygen atoms in total. The first-order valence-electron chi connectivity index (χ1n) is 12.4. The Labute approximate surface area is 196 Å². The molecule has 0 unspecified atom stereocenters. The van der Waals surface area contributed by atoms with Crippen molar-refractivity contribution >= 4 is 11.9 Å². The smallest absolute Gasteiger partial charge is 0.325 e. The summed E-state index contributed by atoms with van der Waals surface area (Å²) in [7, 11) is 0. The molecule has 0 bridgehead atoms. The van der Waals surface area contributed by atoms with Gasteiger partial charge in [-0.3, -0.25) is 14.6 Å². The van der Waals surface area contributed by atoms with Crippen LogP contribution >= 0.6 is 0 Å². The van der Waals surface area contributed by atoms with Gasteiger partial charge in [0.05, 0.1) is 19.3 Å². The SMILES string of the molecule is CCC[C@@]1(C2CCN(Cc3cccc(OCC)c3O)CC2)NC(=O)N(C[C@H]2CCCO2)C1=O. The Morgan fingerprint density at radius 2 is 2.00 bits per heavy atom. The van der Waals surface area contributed by atoms with E-state index in [2.05, 4.69) is 17.1 Å². The minimum absolute atomic E-state index is 0.0425. The number of urea groups is 1. The number of carbonyl (C=O) groups is 2. The van der Waals surface area contributed by atoms with Gasteiger partial charge in [0.15, 0.2) is 11.5 Å². The van der Waals surface area contributed by atoms with Crippen LogP contribution in [0.4, 0.5) is 4.79 Å². The van der Waals surface area contributed by atoms with Gasteiger partial charge in [-0.15, -0.1) is 0 Å². The summed E-state index contributed by atoms with van der Waals surface area (Å²) in [6.45, 7) is 7.77. The Morgan fingerprint density at radius 3 is 2.67 bits per heavy atom. The first-order chi connectivity index (χ1) is 16.0. The maximum Gasteiger partial charge on any atom is 0.325 e. The summed E-state index contributed by atoms with van der Waals surface area (Å²) in [4.78, 5) is 30.1. The average Bonchev–Trinajstić information content (AvgIpc) is 3.40. The van der Waals surface area contributed by atoms with Crippen LogP contribution in [0.2, 0.25) is 0 Å². The predicted octanol–water partition coefficient (Wildman–Crippen LogP) is 3.27. The molecule has 8 heteroatoms. The van der Waals surface area contributed by atoms with Gasteiger partial charge < -0.3 is 19.9 Å². The van der Waals surface area contributed by atoms with E-state index in [9.17, 15) is 14.7 Å². The van der Waals surface area contributed by atoms with E-state index in [1.54, 1.807) is 6.07 Å². The van der Waals surface area contributed by atoms with Crippen LogP contribution in [0.15, 0.2) is 18.2 Å². The molecule has 3 heterocycles. The number of benzene rings is 1. The summed E-state index contributed by atoms with van der Waals surface area (Å²) in [5.74, 6) is 0.734. The van der Waals surface area contributed by atoms with E-state index in [0.717, 1.165) is 50.8 Å². The Hall–Kier alpha value is -2.32. The number of phenols is 1. The van der Waals surface area contributed by atoms with E-state index in [-0.39, 0.29) is 29.7 Å². The number of aromatic hydroxyl groups is 1. The number of hydrogen-bond acceptors (Lipinski definition) is 6. The van der Waals surface area contributed by atoms with Crippen LogP contribution in [0, 0.1) is 5.92 Å². The van der Waals surface area contributed by atoms with Gasteiger partial charge in [-0.05, 0) is 64.1 Å². The number of phenolic OH excluding ortho intramolecular Hbond substituents is 1. The van der Waals surface area contributed by atoms with Crippen molar-refractivity contribution < 1.29 is 24.2 Å². The third-order valence-corrected chi connectivity index (χ3v) is 7.32. The molecule has 182 valence electrons. The van der Waals surface area contributed by atoms with Crippen molar-refractivity contribution in [3.63, 3.8) is 0 Å². The largest absolute Gasteiger partial charge is 0.504 e. The van der Waals surface area contributed by atoms with Crippen molar-refractivity contribution in [2.45, 2.75) is 70.6 Å². The molecule has 0 saturated carbocycles. The first kappa shape index (κ1) is 23.8. The fraction of sp³-hybridized carbons (Fsp3) is 0.680. The van der Waals surface area contributed by atoms with Crippen molar-refractivity contribution in [2.75, 3.05) is 32.8 Å². The molecule has 0 radical (unpaired) electrons. The number of nitrogens with zero attached hydrogens (tertiary/aromatic N) is 2. The van der Waals surface area contributed by atoms with E-state index >= 15 is 0 Å². The number of rotatable bonds is 9. The second-order valence-corrected chi connectivity index (χ2v) is 9.45. The minimum atomic E-state index is -0.812. The number of amides is 3. The number of para-hydroxylation sites is 1. The number of hydrogen-bond donors (Lipinski definition) is 2. The number of nitrogens with one attached hydrogen (secondary N) is 1. The minimum Gasteiger partial charge on any atom is -0.504 e. The highest BCUT2D eigenvalue weighted by atomic mass is 16.5. The molecule has 3 saturated heterocycles. The second kappa shape index (κ2) is 10.3. The number of piperidine rings is 1. The molecule has 2 atom stereocenters. The highest BCUT2D eigenvalue weighted by Gasteiger charge is 2.55. The van der Waals surface area contributed by atoms with Crippen molar-refractivity contribution in [1.29, 1.82) is 0 Å². The van der Waals surface area contributed by atoms with Crippen molar-refractivity contribution in [1.82, 2.24) is 15.1 Å². The van der Waals surface area contributed by atoms with Gasteiger partial charge in [-0.2, -0.15) is 0 Å². The van der Waals surface area contributed by atoms with Gasteiger partial charge in [0.25, 0.3) is 5.91 Å². The quantitative estimate of drug-likeness (QED) is 0.551. The van der Waals surface area contributed by atoms with E-state index in [1.165, 1.54) is 4.90 Å². The molecular weight excluding hydrogens is 422 g/mol. The van der Waals surface area contributed by atoms with Gasteiger partial charge >= 0.3 is 6.03 Å². The lowest BCUT2D eigenvalue weighted by atomic mass is 9.74. The van der Waals surface area contributed by atoms with Crippen molar-refractivity contribution in [3.8, 4) is 11.5 Å². The molecule has 4 rings (SSSR count). The summed E-state index contributed by atoms with van der Waals surface area (Å²) in [5, 5.41) is 13.7. The Morgan fingerprint density at radius 1 is 1.21 bits per heavy atom. The molecule has 1 aromatic rings. The van der Waals surface area contributed by atoms with Gasteiger partial charge in [-0.1, -0.05) is 25.5 Å². The molecule has 0 aliphatic carbocycles. The van der Waals surface area contributed by atoms with Crippen LogP contribution in [-0.4, -0.2) is 71.3 Å². The Bertz CT molecular complexity index is 848. The molecule has 0 aromatic heterocycles. The van der Waals surface area contributed by atoms with Crippen molar-refractivity contribution in [2.24, 2.45) is 5.92 Å². The lowest BCUT2D eigenvalue weighted by Gasteiger charge is -2.41. The summed E-state index contributed by atoms with van der Waals surface area (Å²) in [6, 6.07) is 5.33.